The molecule has 0 saturated heterocycles. The summed E-state index contributed by atoms with van der Waals surface area (Å²) in [5, 5.41) is 0. The number of rotatable bonds is 2. The number of benzene rings is 1. The lowest BCUT2D eigenvalue weighted by Gasteiger charge is -2.01. The molecule has 12 heavy (non-hydrogen) atoms. The van der Waals surface area contributed by atoms with E-state index in [9.17, 15) is 8.42 Å². The van der Waals surface area contributed by atoms with Crippen LogP contribution < -0.4 is 5.73 Å². The van der Waals surface area contributed by atoms with Crippen molar-refractivity contribution in [2.24, 2.45) is 0 Å². The number of anilines is 1. The number of nitrogens with two attached hydrogens (primary N) is 1. The highest BCUT2D eigenvalue weighted by Gasteiger charge is 2.07. The Morgan fingerprint density at radius 3 is 2.42 bits per heavy atom. The van der Waals surface area contributed by atoms with Crippen molar-refractivity contribution >= 4 is 15.8 Å². The van der Waals surface area contributed by atoms with E-state index >= 15 is 0 Å². The molecule has 0 aliphatic heterocycles. The quantitative estimate of drug-likeness (QED) is 0.526. The zero-order valence-electron chi connectivity index (χ0n) is 6.27. The molecule has 66 valence electrons. The van der Waals surface area contributed by atoms with Crippen molar-refractivity contribution in [3.05, 3.63) is 29.8 Å². The van der Waals surface area contributed by atoms with Gasteiger partial charge in [0.2, 0.25) is 0 Å². The van der Waals surface area contributed by atoms with Crippen LogP contribution in [0.25, 0.3) is 0 Å². The average molecular weight is 187 g/mol. The Balaban J connectivity index is 2.98. The number of para-hydroxylation sites is 1. The van der Waals surface area contributed by atoms with Crippen LogP contribution in [0.4, 0.5) is 5.69 Å². The molecule has 0 spiro atoms. The summed E-state index contributed by atoms with van der Waals surface area (Å²) in [7, 11) is -3.98. The van der Waals surface area contributed by atoms with Gasteiger partial charge >= 0.3 is 0 Å². The van der Waals surface area contributed by atoms with Crippen molar-refractivity contribution in [1.82, 2.24) is 0 Å². The Bertz CT molecular complexity index is 372. The van der Waals surface area contributed by atoms with Gasteiger partial charge in [-0.3, -0.25) is 4.55 Å². The van der Waals surface area contributed by atoms with Gasteiger partial charge in [-0.25, -0.2) is 0 Å². The van der Waals surface area contributed by atoms with Crippen LogP contribution >= 0.6 is 0 Å². The fourth-order valence-electron chi connectivity index (χ4n) is 0.862. The molecule has 0 aliphatic rings. The maximum absolute atomic E-state index is 10.5. The van der Waals surface area contributed by atoms with Crippen LogP contribution in [-0.2, 0) is 15.9 Å². The van der Waals surface area contributed by atoms with Crippen LogP contribution in [0.2, 0.25) is 0 Å². The third-order valence-corrected chi connectivity index (χ3v) is 2.07. The molecular weight excluding hydrogens is 178 g/mol. The summed E-state index contributed by atoms with van der Waals surface area (Å²) in [5.74, 6) is -0.431. The van der Waals surface area contributed by atoms with Gasteiger partial charge in [0.1, 0.15) is 5.75 Å². The van der Waals surface area contributed by atoms with Crippen LogP contribution in [-0.4, -0.2) is 13.0 Å². The van der Waals surface area contributed by atoms with Crippen molar-refractivity contribution in [3.63, 3.8) is 0 Å². The van der Waals surface area contributed by atoms with E-state index in [1.54, 1.807) is 24.3 Å². The number of hydrogen-bond acceptors (Lipinski definition) is 3. The Morgan fingerprint density at radius 2 is 1.92 bits per heavy atom. The molecule has 5 heteroatoms. The van der Waals surface area contributed by atoms with Gasteiger partial charge in [0.25, 0.3) is 10.1 Å². The Hall–Kier alpha value is -1.07. The first-order valence-electron chi connectivity index (χ1n) is 3.27. The molecular formula is C7H9NO3S. The SMILES string of the molecule is Nc1ccccc1CS(=O)(=O)O. The molecule has 1 aromatic rings. The van der Waals surface area contributed by atoms with Crippen LogP contribution in [0, 0.1) is 0 Å². The molecule has 3 N–H and O–H groups in total. The van der Waals surface area contributed by atoms with E-state index in [-0.39, 0.29) is 0 Å². The van der Waals surface area contributed by atoms with Crippen molar-refractivity contribution in [1.29, 1.82) is 0 Å². The highest BCUT2D eigenvalue weighted by atomic mass is 32.2. The van der Waals surface area contributed by atoms with Gasteiger partial charge in [0.05, 0.1) is 0 Å². The first kappa shape index (κ1) is 9.02. The van der Waals surface area contributed by atoms with Crippen molar-refractivity contribution in [2.45, 2.75) is 5.75 Å². The highest BCUT2D eigenvalue weighted by Crippen LogP contribution is 2.12. The van der Waals surface area contributed by atoms with E-state index in [2.05, 4.69) is 0 Å². The number of hydrogen-bond donors (Lipinski definition) is 2. The van der Waals surface area contributed by atoms with Crippen LogP contribution in [0.15, 0.2) is 24.3 Å². The van der Waals surface area contributed by atoms with Crippen LogP contribution in [0.1, 0.15) is 5.56 Å². The molecule has 0 amide bonds. The topological polar surface area (TPSA) is 80.4 Å². The first-order chi connectivity index (χ1) is 5.49. The van der Waals surface area contributed by atoms with E-state index in [1.807, 2.05) is 0 Å². The second-order valence-corrected chi connectivity index (χ2v) is 3.88. The summed E-state index contributed by atoms with van der Waals surface area (Å²) >= 11 is 0. The molecule has 0 saturated carbocycles. The normalized spacial score (nSPS) is 11.4. The summed E-state index contributed by atoms with van der Waals surface area (Å²) in [4.78, 5) is 0. The molecule has 0 unspecified atom stereocenters. The van der Waals surface area contributed by atoms with Crippen LogP contribution in [0.3, 0.4) is 0 Å². The summed E-state index contributed by atoms with van der Waals surface area (Å²) < 4.78 is 29.4. The third kappa shape index (κ3) is 2.52. The lowest BCUT2D eigenvalue weighted by molar-refractivity contribution is 0.482. The summed E-state index contributed by atoms with van der Waals surface area (Å²) in [6.07, 6.45) is 0. The molecule has 0 radical (unpaired) electrons. The highest BCUT2D eigenvalue weighted by molar-refractivity contribution is 7.85. The fraction of sp³-hybridized carbons (Fsp3) is 0.143. The minimum absolute atomic E-state index is 0.370. The smallest absolute Gasteiger partial charge is 0.269 e. The molecule has 0 bridgehead atoms. The van der Waals surface area contributed by atoms with Gasteiger partial charge in [-0.1, -0.05) is 18.2 Å². The van der Waals surface area contributed by atoms with E-state index in [0.29, 0.717) is 11.3 Å². The fourth-order valence-corrected chi connectivity index (χ4v) is 1.52. The zero-order valence-corrected chi connectivity index (χ0v) is 7.08. The van der Waals surface area contributed by atoms with Crippen molar-refractivity contribution in [3.8, 4) is 0 Å². The lowest BCUT2D eigenvalue weighted by atomic mass is 10.2. The predicted molar refractivity (Wildman–Crippen MR) is 46.1 cm³/mol. The molecule has 0 atom stereocenters. The second-order valence-electron chi connectivity index (χ2n) is 2.43. The minimum atomic E-state index is -3.98. The van der Waals surface area contributed by atoms with Gasteiger partial charge in [0, 0.05) is 5.69 Å². The summed E-state index contributed by atoms with van der Waals surface area (Å²) in [6, 6.07) is 6.50. The van der Waals surface area contributed by atoms with Crippen LogP contribution in [0.5, 0.6) is 0 Å². The maximum atomic E-state index is 10.5. The summed E-state index contributed by atoms with van der Waals surface area (Å²) in [5.41, 5.74) is 6.24. The molecule has 0 aromatic heterocycles. The van der Waals surface area contributed by atoms with Gasteiger partial charge in [0.15, 0.2) is 0 Å². The predicted octanol–water partition coefficient (Wildman–Crippen LogP) is 0.657. The lowest BCUT2D eigenvalue weighted by Crippen LogP contribution is -2.04. The van der Waals surface area contributed by atoms with Crippen molar-refractivity contribution < 1.29 is 13.0 Å². The Labute approximate surface area is 70.8 Å². The van der Waals surface area contributed by atoms with E-state index < -0.39 is 15.9 Å². The van der Waals surface area contributed by atoms with Crippen molar-refractivity contribution in [2.75, 3.05) is 5.73 Å². The molecule has 1 rings (SSSR count). The van der Waals surface area contributed by atoms with Gasteiger partial charge in [-0.2, -0.15) is 8.42 Å². The molecule has 1 aromatic carbocycles. The third-order valence-electron chi connectivity index (χ3n) is 1.39. The Kier molecular flexibility index (Phi) is 2.35. The Morgan fingerprint density at radius 1 is 1.33 bits per heavy atom. The minimum Gasteiger partial charge on any atom is -0.398 e. The molecule has 0 fully saturated rings. The molecule has 0 heterocycles. The zero-order chi connectivity index (χ0) is 9.19. The second kappa shape index (κ2) is 3.12. The standard InChI is InChI=1S/C7H9NO3S/c8-7-4-2-1-3-6(7)5-12(9,10)11/h1-4H,5,8H2,(H,9,10,11). The monoisotopic (exact) mass is 187 g/mol. The molecule has 0 aliphatic carbocycles. The molecule has 4 nitrogen and oxygen atoms in total. The van der Waals surface area contributed by atoms with E-state index in [0.717, 1.165) is 0 Å². The van der Waals surface area contributed by atoms with Gasteiger partial charge in [-0.15, -0.1) is 0 Å². The summed E-state index contributed by atoms with van der Waals surface area (Å²) in [6.45, 7) is 0. The number of nitrogen functional groups attached to an aromatic ring is 1. The first-order valence-corrected chi connectivity index (χ1v) is 4.88. The largest absolute Gasteiger partial charge is 0.398 e. The average Bonchev–Trinajstić information content (AvgIpc) is 1.91. The van der Waals surface area contributed by atoms with E-state index in [4.69, 9.17) is 10.3 Å². The maximum Gasteiger partial charge on any atom is 0.269 e. The van der Waals surface area contributed by atoms with Gasteiger partial charge in [-0.05, 0) is 11.6 Å². The van der Waals surface area contributed by atoms with E-state index in [1.165, 1.54) is 0 Å². The van der Waals surface area contributed by atoms with Gasteiger partial charge < -0.3 is 5.73 Å².